The van der Waals surface area contributed by atoms with Crippen molar-refractivity contribution in [1.82, 2.24) is 28.9 Å². The molecule has 1 N–H and O–H groups in total. The SMILES string of the molecule is CCc1cc(CC)n(-c2nc3c(c(=O)[nH]c(=O)n3C)n2Cc2cccc(C)c2)n1. The number of imidazole rings is 1. The molecule has 0 saturated carbocycles. The molecule has 0 radical (unpaired) electrons. The highest BCUT2D eigenvalue weighted by Crippen LogP contribution is 2.20. The van der Waals surface area contributed by atoms with Gasteiger partial charge < -0.3 is 0 Å². The molecule has 0 aliphatic rings. The minimum atomic E-state index is -0.486. The fraction of sp³-hybridized carbons (Fsp3) is 0.333. The van der Waals surface area contributed by atoms with Gasteiger partial charge in [0.25, 0.3) is 5.56 Å². The maximum absolute atomic E-state index is 12.7. The fourth-order valence-corrected chi connectivity index (χ4v) is 3.60. The number of nitrogens with one attached hydrogen (secondary N) is 1. The van der Waals surface area contributed by atoms with Crippen LogP contribution >= 0.6 is 0 Å². The standard InChI is InChI=1S/C21H24N6O2/c1-5-15-11-16(6-2)27(24-15)20-22-18-17(19(28)23-21(29)25(18)4)26(20)12-14-9-7-8-13(3)10-14/h7-11H,5-6,12H2,1-4H3,(H,23,28,29). The van der Waals surface area contributed by atoms with Gasteiger partial charge in [-0.2, -0.15) is 10.1 Å². The summed E-state index contributed by atoms with van der Waals surface area (Å²) in [5, 5.41) is 4.70. The van der Waals surface area contributed by atoms with Crippen molar-refractivity contribution in [2.45, 2.75) is 40.2 Å². The number of nitrogens with zero attached hydrogens (tertiary/aromatic N) is 5. The van der Waals surface area contributed by atoms with Gasteiger partial charge in [0, 0.05) is 12.7 Å². The van der Waals surface area contributed by atoms with E-state index in [9.17, 15) is 9.59 Å². The maximum Gasteiger partial charge on any atom is 0.329 e. The average molecular weight is 392 g/mol. The summed E-state index contributed by atoms with van der Waals surface area (Å²) in [7, 11) is 1.61. The molecule has 0 saturated heterocycles. The zero-order valence-electron chi connectivity index (χ0n) is 17.1. The van der Waals surface area contributed by atoms with Crippen LogP contribution in [0.2, 0.25) is 0 Å². The Morgan fingerprint density at radius 2 is 1.90 bits per heavy atom. The number of rotatable bonds is 5. The summed E-state index contributed by atoms with van der Waals surface area (Å²) in [5.74, 6) is 0.532. The first-order valence-electron chi connectivity index (χ1n) is 9.76. The van der Waals surface area contributed by atoms with E-state index in [0.717, 1.165) is 35.4 Å². The minimum absolute atomic E-state index is 0.344. The molecule has 0 bridgehead atoms. The summed E-state index contributed by atoms with van der Waals surface area (Å²) in [6.07, 6.45) is 1.58. The number of fused-ring (bicyclic) bond motifs is 1. The van der Waals surface area contributed by atoms with Crippen LogP contribution in [0.25, 0.3) is 17.1 Å². The van der Waals surface area contributed by atoms with E-state index in [1.807, 2.05) is 29.7 Å². The molecule has 0 aliphatic heterocycles. The Labute approximate surface area is 167 Å². The minimum Gasteiger partial charge on any atom is -0.298 e. The summed E-state index contributed by atoms with van der Waals surface area (Å²) in [5.41, 5.74) is 3.91. The second-order valence-electron chi connectivity index (χ2n) is 7.22. The lowest BCUT2D eigenvalue weighted by atomic mass is 10.1. The van der Waals surface area contributed by atoms with Crippen LogP contribution in [0, 0.1) is 6.92 Å². The van der Waals surface area contributed by atoms with Crippen molar-refractivity contribution in [2.24, 2.45) is 7.05 Å². The third-order valence-electron chi connectivity index (χ3n) is 5.16. The highest BCUT2D eigenvalue weighted by atomic mass is 16.2. The van der Waals surface area contributed by atoms with Gasteiger partial charge in [0.2, 0.25) is 5.95 Å². The second-order valence-corrected chi connectivity index (χ2v) is 7.22. The zero-order chi connectivity index (χ0) is 20.7. The Balaban J connectivity index is 2.04. The summed E-state index contributed by atoms with van der Waals surface area (Å²) in [6, 6.07) is 10.2. The monoisotopic (exact) mass is 392 g/mol. The van der Waals surface area contributed by atoms with Gasteiger partial charge in [-0.3, -0.25) is 18.9 Å². The molecule has 8 heteroatoms. The molecular weight excluding hydrogens is 368 g/mol. The molecule has 3 heterocycles. The van der Waals surface area contributed by atoms with Crippen molar-refractivity contribution in [2.75, 3.05) is 0 Å². The first kappa shape index (κ1) is 18.9. The smallest absolute Gasteiger partial charge is 0.298 e. The highest BCUT2D eigenvalue weighted by molar-refractivity contribution is 5.72. The number of benzene rings is 1. The molecule has 4 aromatic rings. The van der Waals surface area contributed by atoms with Gasteiger partial charge in [-0.15, -0.1) is 0 Å². The number of hydrogen-bond acceptors (Lipinski definition) is 4. The van der Waals surface area contributed by atoms with E-state index in [1.54, 1.807) is 11.7 Å². The maximum atomic E-state index is 12.7. The Morgan fingerprint density at radius 1 is 1.10 bits per heavy atom. The molecule has 29 heavy (non-hydrogen) atoms. The van der Waals surface area contributed by atoms with Crippen LogP contribution in [-0.4, -0.2) is 28.9 Å². The predicted molar refractivity (Wildman–Crippen MR) is 112 cm³/mol. The molecule has 0 spiro atoms. The van der Waals surface area contributed by atoms with E-state index in [-0.39, 0.29) is 0 Å². The molecule has 0 unspecified atom stereocenters. The van der Waals surface area contributed by atoms with E-state index in [1.165, 1.54) is 4.57 Å². The van der Waals surface area contributed by atoms with E-state index in [2.05, 4.69) is 35.9 Å². The van der Waals surface area contributed by atoms with Crippen molar-refractivity contribution in [3.63, 3.8) is 0 Å². The molecule has 8 nitrogen and oxygen atoms in total. The third-order valence-corrected chi connectivity index (χ3v) is 5.16. The van der Waals surface area contributed by atoms with Crippen LogP contribution < -0.4 is 11.2 Å². The molecular formula is C21H24N6O2. The summed E-state index contributed by atoms with van der Waals surface area (Å²) in [6.45, 7) is 6.59. The lowest BCUT2D eigenvalue weighted by Gasteiger charge is -2.11. The second kappa shape index (κ2) is 7.20. The van der Waals surface area contributed by atoms with Gasteiger partial charge in [0.1, 0.15) is 0 Å². The van der Waals surface area contributed by atoms with Gasteiger partial charge in [0.05, 0.1) is 12.2 Å². The average Bonchev–Trinajstić information content (AvgIpc) is 3.27. The first-order chi connectivity index (χ1) is 13.9. The van der Waals surface area contributed by atoms with Crippen LogP contribution in [0.5, 0.6) is 0 Å². The first-order valence-corrected chi connectivity index (χ1v) is 9.76. The molecule has 0 aliphatic carbocycles. The van der Waals surface area contributed by atoms with E-state index in [4.69, 9.17) is 5.10 Å². The lowest BCUT2D eigenvalue weighted by Crippen LogP contribution is -2.29. The highest BCUT2D eigenvalue weighted by Gasteiger charge is 2.21. The van der Waals surface area contributed by atoms with Crippen molar-refractivity contribution in [3.8, 4) is 5.95 Å². The van der Waals surface area contributed by atoms with Gasteiger partial charge >= 0.3 is 5.69 Å². The zero-order valence-corrected chi connectivity index (χ0v) is 17.1. The van der Waals surface area contributed by atoms with Gasteiger partial charge in [-0.05, 0) is 31.4 Å². The summed E-state index contributed by atoms with van der Waals surface area (Å²) < 4.78 is 5.00. The van der Waals surface area contributed by atoms with E-state index < -0.39 is 11.2 Å². The van der Waals surface area contributed by atoms with Crippen molar-refractivity contribution < 1.29 is 0 Å². The largest absolute Gasteiger partial charge is 0.329 e. The summed E-state index contributed by atoms with van der Waals surface area (Å²) in [4.78, 5) is 31.9. The van der Waals surface area contributed by atoms with Crippen molar-refractivity contribution >= 4 is 11.2 Å². The molecule has 0 fully saturated rings. The summed E-state index contributed by atoms with van der Waals surface area (Å²) >= 11 is 0. The van der Waals surface area contributed by atoms with Crippen LogP contribution in [0.1, 0.15) is 36.4 Å². The Kier molecular flexibility index (Phi) is 4.70. The van der Waals surface area contributed by atoms with E-state index in [0.29, 0.717) is 23.7 Å². The van der Waals surface area contributed by atoms with Gasteiger partial charge in [-0.1, -0.05) is 43.7 Å². The lowest BCUT2D eigenvalue weighted by molar-refractivity contribution is 0.687. The fourth-order valence-electron chi connectivity index (χ4n) is 3.60. The Bertz CT molecular complexity index is 1320. The number of aromatic amines is 1. The van der Waals surface area contributed by atoms with Crippen LogP contribution in [-0.2, 0) is 26.4 Å². The van der Waals surface area contributed by atoms with Gasteiger partial charge in [0.15, 0.2) is 11.2 Å². The van der Waals surface area contributed by atoms with Crippen molar-refractivity contribution in [3.05, 3.63) is 73.7 Å². The van der Waals surface area contributed by atoms with Crippen molar-refractivity contribution in [1.29, 1.82) is 0 Å². The number of H-pyrrole nitrogens is 1. The Morgan fingerprint density at radius 3 is 2.59 bits per heavy atom. The van der Waals surface area contributed by atoms with Crippen LogP contribution in [0.15, 0.2) is 39.9 Å². The molecule has 1 aromatic carbocycles. The van der Waals surface area contributed by atoms with Crippen LogP contribution in [0.3, 0.4) is 0 Å². The number of aryl methyl sites for hydroxylation is 4. The molecule has 150 valence electrons. The molecule has 4 rings (SSSR count). The van der Waals surface area contributed by atoms with Crippen LogP contribution in [0.4, 0.5) is 0 Å². The molecule has 3 aromatic heterocycles. The Hall–Kier alpha value is -3.42. The number of aromatic nitrogens is 6. The third kappa shape index (κ3) is 3.20. The van der Waals surface area contributed by atoms with E-state index >= 15 is 0 Å². The predicted octanol–water partition coefficient (Wildman–Crippen LogP) is 2.09. The molecule has 0 amide bonds. The number of hydrogen-bond donors (Lipinski definition) is 1. The normalized spacial score (nSPS) is 11.4. The quantitative estimate of drug-likeness (QED) is 0.563. The van der Waals surface area contributed by atoms with Gasteiger partial charge in [-0.25, -0.2) is 9.48 Å². The topological polar surface area (TPSA) is 90.5 Å². The molecule has 0 atom stereocenters.